The maximum Gasteiger partial charge on any atom is 0.186 e. The Balaban J connectivity index is 1.51. The van der Waals surface area contributed by atoms with E-state index in [4.69, 9.17) is 11.6 Å². The average Bonchev–Trinajstić information content (AvgIpc) is 3.05. The van der Waals surface area contributed by atoms with E-state index in [2.05, 4.69) is 14.8 Å². The molecule has 5 nitrogen and oxygen atoms in total. The summed E-state index contributed by atoms with van der Waals surface area (Å²) in [5.74, 6) is 0. The Bertz CT molecular complexity index is 1040. The first kappa shape index (κ1) is 17.6. The molecule has 2 aromatic carbocycles. The first-order valence-corrected chi connectivity index (χ1v) is 11.3. The summed E-state index contributed by atoms with van der Waals surface area (Å²) in [6.07, 6.45) is 1.23. The molecule has 4 rings (SSSR count). The minimum Gasteiger partial charge on any atom is -0.368 e. The number of fused-ring (bicyclic) bond motifs is 1. The molecule has 0 amide bonds. The van der Waals surface area contributed by atoms with Gasteiger partial charge in [0.05, 0.1) is 15.1 Å². The van der Waals surface area contributed by atoms with Gasteiger partial charge >= 0.3 is 0 Å². The van der Waals surface area contributed by atoms with Crippen molar-refractivity contribution < 1.29 is 8.42 Å². The van der Waals surface area contributed by atoms with Crippen LogP contribution in [0.15, 0.2) is 47.4 Å². The van der Waals surface area contributed by atoms with Crippen LogP contribution in [0.4, 0.5) is 10.8 Å². The quantitative estimate of drug-likeness (QED) is 0.662. The molecule has 0 spiro atoms. The van der Waals surface area contributed by atoms with Crippen molar-refractivity contribution in [3.63, 3.8) is 0 Å². The van der Waals surface area contributed by atoms with Crippen molar-refractivity contribution in [3.05, 3.63) is 47.5 Å². The molecule has 0 saturated carbocycles. The molecule has 26 heavy (non-hydrogen) atoms. The molecule has 1 aliphatic heterocycles. The summed E-state index contributed by atoms with van der Waals surface area (Å²) in [4.78, 5) is 9.62. The predicted molar refractivity (Wildman–Crippen MR) is 109 cm³/mol. The van der Waals surface area contributed by atoms with E-state index >= 15 is 0 Å². The molecule has 136 valence electrons. The van der Waals surface area contributed by atoms with Gasteiger partial charge in [-0.3, -0.25) is 0 Å². The van der Waals surface area contributed by atoms with Gasteiger partial charge in [0.25, 0.3) is 0 Å². The van der Waals surface area contributed by atoms with E-state index < -0.39 is 9.84 Å². The molecule has 0 bridgehead atoms. The molecule has 1 fully saturated rings. The Kier molecular flexibility index (Phi) is 4.54. The van der Waals surface area contributed by atoms with Crippen LogP contribution in [0.5, 0.6) is 0 Å². The second kappa shape index (κ2) is 6.72. The van der Waals surface area contributed by atoms with Gasteiger partial charge in [-0.2, -0.15) is 0 Å². The van der Waals surface area contributed by atoms with Crippen LogP contribution in [-0.2, 0) is 9.84 Å². The fourth-order valence-electron chi connectivity index (χ4n) is 3.07. The molecule has 0 unspecified atom stereocenters. The molecular formula is C18H18ClN3O2S2. The van der Waals surface area contributed by atoms with Crippen molar-refractivity contribution in [2.45, 2.75) is 4.90 Å². The van der Waals surface area contributed by atoms with Gasteiger partial charge in [-0.15, -0.1) is 0 Å². The highest BCUT2D eigenvalue weighted by Gasteiger charge is 2.20. The van der Waals surface area contributed by atoms with Crippen LogP contribution in [0, 0.1) is 0 Å². The smallest absolute Gasteiger partial charge is 0.186 e. The van der Waals surface area contributed by atoms with Crippen LogP contribution in [0.3, 0.4) is 0 Å². The fraction of sp³-hybridized carbons (Fsp3) is 0.278. The van der Waals surface area contributed by atoms with Crippen LogP contribution in [0.25, 0.3) is 10.2 Å². The number of anilines is 2. The van der Waals surface area contributed by atoms with Crippen molar-refractivity contribution in [2.24, 2.45) is 0 Å². The number of thiazole rings is 1. The number of hydrogen-bond donors (Lipinski definition) is 0. The molecule has 0 atom stereocenters. The maximum absolute atomic E-state index is 11.7. The molecular weight excluding hydrogens is 390 g/mol. The van der Waals surface area contributed by atoms with Gasteiger partial charge in [-0.05, 0) is 42.5 Å². The van der Waals surface area contributed by atoms with E-state index in [1.54, 1.807) is 29.5 Å². The lowest BCUT2D eigenvalue weighted by atomic mass is 10.2. The van der Waals surface area contributed by atoms with Gasteiger partial charge in [0.1, 0.15) is 0 Å². The average molecular weight is 408 g/mol. The van der Waals surface area contributed by atoms with Crippen LogP contribution >= 0.6 is 22.9 Å². The fourth-order valence-corrected chi connectivity index (χ4v) is 4.97. The van der Waals surface area contributed by atoms with Crippen molar-refractivity contribution >= 4 is 53.8 Å². The first-order chi connectivity index (χ1) is 12.4. The Morgan fingerprint density at radius 1 is 1.00 bits per heavy atom. The van der Waals surface area contributed by atoms with Gasteiger partial charge < -0.3 is 9.80 Å². The Morgan fingerprint density at radius 3 is 2.31 bits per heavy atom. The highest BCUT2D eigenvalue weighted by molar-refractivity contribution is 7.90. The second-order valence-corrected chi connectivity index (χ2v) is 9.81. The van der Waals surface area contributed by atoms with Crippen molar-refractivity contribution in [1.82, 2.24) is 4.98 Å². The summed E-state index contributed by atoms with van der Waals surface area (Å²) < 4.78 is 24.4. The Hall–Kier alpha value is -1.83. The number of piperazine rings is 1. The monoisotopic (exact) mass is 407 g/mol. The summed E-state index contributed by atoms with van der Waals surface area (Å²) in [7, 11) is -3.20. The third-order valence-electron chi connectivity index (χ3n) is 4.52. The molecule has 1 aromatic heterocycles. The summed E-state index contributed by atoms with van der Waals surface area (Å²) in [6.45, 7) is 3.57. The third kappa shape index (κ3) is 3.51. The zero-order chi connectivity index (χ0) is 18.3. The van der Waals surface area contributed by atoms with Crippen LogP contribution in [0.2, 0.25) is 5.02 Å². The summed E-state index contributed by atoms with van der Waals surface area (Å²) in [6, 6.07) is 13.0. The van der Waals surface area contributed by atoms with E-state index in [0.29, 0.717) is 4.90 Å². The van der Waals surface area contributed by atoms with Crippen LogP contribution in [-0.4, -0.2) is 45.8 Å². The van der Waals surface area contributed by atoms with Gasteiger partial charge in [0.2, 0.25) is 0 Å². The number of nitrogens with zero attached hydrogens (tertiary/aromatic N) is 3. The molecule has 3 aromatic rings. The number of hydrogen-bond acceptors (Lipinski definition) is 6. The highest BCUT2D eigenvalue weighted by Crippen LogP contribution is 2.31. The van der Waals surface area contributed by atoms with E-state index in [0.717, 1.165) is 46.5 Å². The summed E-state index contributed by atoms with van der Waals surface area (Å²) in [5.41, 5.74) is 2.02. The van der Waals surface area contributed by atoms with Crippen molar-refractivity contribution in [3.8, 4) is 0 Å². The summed E-state index contributed by atoms with van der Waals surface area (Å²) >= 11 is 7.51. The van der Waals surface area contributed by atoms with E-state index in [-0.39, 0.29) is 0 Å². The molecule has 0 radical (unpaired) electrons. The molecule has 8 heteroatoms. The topological polar surface area (TPSA) is 53.5 Å². The van der Waals surface area contributed by atoms with Gasteiger partial charge in [-0.1, -0.05) is 22.9 Å². The number of rotatable bonds is 3. The standard InChI is InChI=1S/C18H18ClN3O2S2/c1-26(23,24)15-6-7-16-17(12-15)25-18(20-16)22-10-8-21(9-11-22)14-4-2-13(19)3-5-14/h2-7,12H,8-11H2,1H3. The van der Waals surface area contributed by atoms with Gasteiger partial charge in [0, 0.05) is 43.1 Å². The largest absolute Gasteiger partial charge is 0.368 e. The predicted octanol–water partition coefficient (Wildman–Crippen LogP) is 3.68. The molecule has 0 N–H and O–H groups in total. The van der Waals surface area contributed by atoms with Crippen LogP contribution < -0.4 is 9.80 Å². The number of halogens is 1. The minimum atomic E-state index is -3.20. The first-order valence-electron chi connectivity index (χ1n) is 8.26. The Labute approximate surface area is 161 Å². The second-order valence-electron chi connectivity index (χ2n) is 6.35. The van der Waals surface area contributed by atoms with E-state index in [9.17, 15) is 8.42 Å². The number of sulfone groups is 1. The van der Waals surface area contributed by atoms with Crippen molar-refractivity contribution in [1.29, 1.82) is 0 Å². The van der Waals surface area contributed by atoms with Gasteiger partial charge in [0.15, 0.2) is 15.0 Å². The zero-order valence-electron chi connectivity index (χ0n) is 14.2. The molecule has 2 heterocycles. The number of aromatic nitrogens is 1. The lowest BCUT2D eigenvalue weighted by molar-refractivity contribution is 0.602. The lowest BCUT2D eigenvalue weighted by Gasteiger charge is -2.36. The minimum absolute atomic E-state index is 0.341. The zero-order valence-corrected chi connectivity index (χ0v) is 16.6. The maximum atomic E-state index is 11.7. The lowest BCUT2D eigenvalue weighted by Crippen LogP contribution is -2.46. The van der Waals surface area contributed by atoms with Crippen molar-refractivity contribution in [2.75, 3.05) is 42.2 Å². The molecule has 1 saturated heterocycles. The van der Waals surface area contributed by atoms with E-state index in [1.807, 2.05) is 24.3 Å². The third-order valence-corrected chi connectivity index (χ3v) is 6.96. The molecule has 0 aliphatic carbocycles. The SMILES string of the molecule is CS(=O)(=O)c1ccc2nc(N3CCN(c4ccc(Cl)cc4)CC3)sc2c1. The van der Waals surface area contributed by atoms with Crippen LogP contribution in [0.1, 0.15) is 0 Å². The van der Waals surface area contributed by atoms with Gasteiger partial charge in [-0.25, -0.2) is 13.4 Å². The normalized spacial score (nSPS) is 15.6. The highest BCUT2D eigenvalue weighted by atomic mass is 35.5. The Morgan fingerprint density at radius 2 is 1.65 bits per heavy atom. The molecule has 1 aliphatic rings. The number of benzene rings is 2. The van der Waals surface area contributed by atoms with E-state index in [1.165, 1.54) is 11.9 Å². The summed E-state index contributed by atoms with van der Waals surface area (Å²) in [5, 5.41) is 1.69.